The van der Waals surface area contributed by atoms with Gasteiger partial charge in [0, 0.05) is 26.2 Å². The molecule has 1 saturated heterocycles. The molecule has 6 nitrogen and oxygen atoms in total. The van der Waals surface area contributed by atoms with Gasteiger partial charge in [0.05, 0.1) is 10.6 Å². The number of halogens is 1. The van der Waals surface area contributed by atoms with Gasteiger partial charge in [-0.3, -0.25) is 0 Å². The van der Waals surface area contributed by atoms with Crippen molar-refractivity contribution in [3.05, 3.63) is 29.6 Å². The average molecular weight is 364 g/mol. The molecule has 2 rings (SSSR count). The maximum Gasteiger partial charge on any atom is 0.243 e. The number of sulfonamides is 2. The first-order valence-electron chi connectivity index (χ1n) is 7.42. The van der Waals surface area contributed by atoms with Gasteiger partial charge in [-0.2, -0.15) is 4.31 Å². The van der Waals surface area contributed by atoms with Crippen LogP contribution in [0.3, 0.4) is 0 Å². The van der Waals surface area contributed by atoms with Crippen LogP contribution in [-0.2, 0) is 20.0 Å². The SMILES string of the molecule is CCS(=O)(=O)N1CCCN(S(=O)(=O)c2ccc(F)c(C)c2)CC1. The maximum atomic E-state index is 13.3. The molecule has 130 valence electrons. The van der Waals surface area contributed by atoms with Gasteiger partial charge in [-0.05, 0) is 44.0 Å². The Morgan fingerprint density at radius 2 is 1.65 bits per heavy atom. The summed E-state index contributed by atoms with van der Waals surface area (Å²) in [6.45, 7) is 3.86. The lowest BCUT2D eigenvalue weighted by atomic mass is 10.2. The summed E-state index contributed by atoms with van der Waals surface area (Å²) in [7, 11) is -7.08. The fourth-order valence-corrected chi connectivity index (χ4v) is 5.19. The van der Waals surface area contributed by atoms with E-state index in [2.05, 4.69) is 0 Å². The molecule has 1 aromatic rings. The Kier molecular flexibility index (Phi) is 5.44. The Balaban J connectivity index is 2.23. The van der Waals surface area contributed by atoms with Gasteiger partial charge in [0.2, 0.25) is 20.0 Å². The third-order valence-corrected chi connectivity index (χ3v) is 7.72. The van der Waals surface area contributed by atoms with E-state index in [-0.39, 0.29) is 35.8 Å². The summed E-state index contributed by atoms with van der Waals surface area (Å²) < 4.78 is 65.1. The van der Waals surface area contributed by atoms with E-state index >= 15 is 0 Å². The van der Waals surface area contributed by atoms with Crippen molar-refractivity contribution in [1.29, 1.82) is 0 Å². The fraction of sp³-hybridized carbons (Fsp3) is 0.571. The number of aryl methyl sites for hydroxylation is 1. The quantitative estimate of drug-likeness (QED) is 0.804. The summed E-state index contributed by atoms with van der Waals surface area (Å²) in [5.74, 6) is -0.461. The van der Waals surface area contributed by atoms with Crippen LogP contribution >= 0.6 is 0 Å². The summed E-state index contributed by atoms with van der Waals surface area (Å²) in [4.78, 5) is 0.0307. The summed E-state index contributed by atoms with van der Waals surface area (Å²) in [5.41, 5.74) is 0.260. The third-order valence-electron chi connectivity index (χ3n) is 3.94. The first kappa shape index (κ1) is 18.3. The molecule has 0 N–H and O–H groups in total. The summed E-state index contributed by atoms with van der Waals surface area (Å²) in [6.07, 6.45) is 0.429. The van der Waals surface area contributed by atoms with Crippen LogP contribution in [0, 0.1) is 12.7 Å². The highest BCUT2D eigenvalue weighted by Gasteiger charge is 2.30. The molecule has 0 unspecified atom stereocenters. The summed E-state index contributed by atoms with van der Waals surface area (Å²) in [5, 5.41) is 0. The molecule has 0 radical (unpaired) electrons. The van der Waals surface area contributed by atoms with Crippen LogP contribution in [0.25, 0.3) is 0 Å². The van der Waals surface area contributed by atoms with Crippen molar-refractivity contribution in [2.75, 3.05) is 31.9 Å². The molecule has 0 spiro atoms. The van der Waals surface area contributed by atoms with Gasteiger partial charge >= 0.3 is 0 Å². The summed E-state index contributed by atoms with van der Waals surface area (Å²) >= 11 is 0. The zero-order chi connectivity index (χ0) is 17.3. The molecule has 1 aromatic carbocycles. The van der Waals surface area contributed by atoms with Crippen molar-refractivity contribution in [1.82, 2.24) is 8.61 Å². The van der Waals surface area contributed by atoms with E-state index in [0.717, 1.165) is 6.07 Å². The molecule has 23 heavy (non-hydrogen) atoms. The second kappa shape index (κ2) is 6.84. The molecule has 0 aliphatic carbocycles. The van der Waals surface area contributed by atoms with Crippen LogP contribution in [0.5, 0.6) is 0 Å². The van der Waals surface area contributed by atoms with Crippen molar-refractivity contribution in [3.8, 4) is 0 Å². The first-order valence-corrected chi connectivity index (χ1v) is 10.5. The molecule has 0 amide bonds. The maximum absolute atomic E-state index is 13.3. The standard InChI is InChI=1S/C14H21FN2O4S2/c1-3-22(18,19)16-7-4-8-17(10-9-16)23(20,21)13-5-6-14(15)12(2)11-13/h5-6,11H,3-4,7-10H2,1-2H3. The lowest BCUT2D eigenvalue weighted by Crippen LogP contribution is -2.37. The Labute approximate surface area is 137 Å². The van der Waals surface area contributed by atoms with E-state index in [1.54, 1.807) is 6.92 Å². The molecule has 0 atom stereocenters. The third kappa shape index (κ3) is 3.90. The van der Waals surface area contributed by atoms with Gasteiger partial charge in [0.25, 0.3) is 0 Å². The fourth-order valence-electron chi connectivity index (χ4n) is 2.50. The van der Waals surface area contributed by atoms with Crippen LogP contribution in [-0.4, -0.2) is 57.4 Å². The van der Waals surface area contributed by atoms with Crippen LogP contribution in [0.15, 0.2) is 23.1 Å². The molecular weight excluding hydrogens is 343 g/mol. The normalized spacial score (nSPS) is 18.7. The monoisotopic (exact) mass is 364 g/mol. The van der Waals surface area contributed by atoms with Crippen LogP contribution in [0.1, 0.15) is 18.9 Å². The van der Waals surface area contributed by atoms with Crippen LogP contribution < -0.4 is 0 Å². The van der Waals surface area contributed by atoms with E-state index in [1.807, 2.05) is 0 Å². The number of hydrogen-bond acceptors (Lipinski definition) is 4. The number of benzene rings is 1. The van der Waals surface area contributed by atoms with E-state index in [4.69, 9.17) is 0 Å². The lowest BCUT2D eigenvalue weighted by Gasteiger charge is -2.21. The van der Waals surface area contributed by atoms with Gasteiger partial charge in [0.1, 0.15) is 5.82 Å². The lowest BCUT2D eigenvalue weighted by molar-refractivity contribution is 0.405. The van der Waals surface area contributed by atoms with Gasteiger partial charge < -0.3 is 0 Å². The van der Waals surface area contributed by atoms with Gasteiger partial charge in [-0.15, -0.1) is 0 Å². The molecule has 0 aromatic heterocycles. The smallest absolute Gasteiger partial charge is 0.212 e. The molecular formula is C14H21FN2O4S2. The zero-order valence-corrected chi connectivity index (χ0v) is 14.8. The number of nitrogens with zero attached hydrogens (tertiary/aromatic N) is 2. The molecule has 1 fully saturated rings. The van der Waals surface area contributed by atoms with Gasteiger partial charge in [-0.25, -0.2) is 25.5 Å². The van der Waals surface area contributed by atoms with Crippen LogP contribution in [0.4, 0.5) is 4.39 Å². The van der Waals surface area contributed by atoms with E-state index < -0.39 is 25.9 Å². The van der Waals surface area contributed by atoms with Crippen molar-refractivity contribution in [2.45, 2.75) is 25.2 Å². The topological polar surface area (TPSA) is 74.8 Å². The number of hydrogen-bond donors (Lipinski definition) is 0. The molecule has 1 heterocycles. The van der Waals surface area contributed by atoms with Gasteiger partial charge in [-0.1, -0.05) is 0 Å². The predicted octanol–water partition coefficient (Wildman–Crippen LogP) is 1.18. The minimum Gasteiger partial charge on any atom is -0.212 e. The number of rotatable bonds is 4. The second-order valence-corrected chi connectivity index (χ2v) is 9.66. The largest absolute Gasteiger partial charge is 0.243 e. The Morgan fingerprint density at radius 1 is 1.04 bits per heavy atom. The van der Waals surface area contributed by atoms with Crippen LogP contribution in [0.2, 0.25) is 0 Å². The Morgan fingerprint density at radius 3 is 2.26 bits per heavy atom. The molecule has 1 aliphatic heterocycles. The van der Waals surface area contributed by atoms with E-state index in [9.17, 15) is 21.2 Å². The first-order chi connectivity index (χ1) is 10.7. The van der Waals surface area contributed by atoms with Crippen molar-refractivity contribution >= 4 is 20.0 Å². The molecule has 1 aliphatic rings. The molecule has 9 heteroatoms. The van der Waals surface area contributed by atoms with Gasteiger partial charge in [0.15, 0.2) is 0 Å². The second-order valence-electron chi connectivity index (χ2n) is 5.47. The highest BCUT2D eigenvalue weighted by molar-refractivity contribution is 7.89. The highest BCUT2D eigenvalue weighted by Crippen LogP contribution is 2.21. The molecule has 0 saturated carbocycles. The minimum absolute atomic E-state index is 0.00307. The van der Waals surface area contributed by atoms with E-state index in [0.29, 0.717) is 13.0 Å². The van der Waals surface area contributed by atoms with Crippen molar-refractivity contribution in [3.63, 3.8) is 0 Å². The summed E-state index contributed by atoms with van der Waals surface area (Å²) in [6, 6.07) is 3.67. The highest BCUT2D eigenvalue weighted by atomic mass is 32.2. The van der Waals surface area contributed by atoms with E-state index in [1.165, 1.54) is 27.7 Å². The van der Waals surface area contributed by atoms with Crippen molar-refractivity contribution in [2.24, 2.45) is 0 Å². The predicted molar refractivity (Wildman–Crippen MR) is 85.5 cm³/mol. The average Bonchev–Trinajstić information content (AvgIpc) is 2.76. The van der Waals surface area contributed by atoms with Crippen molar-refractivity contribution < 1.29 is 21.2 Å². The Hall–Kier alpha value is -1.03. The molecule has 0 bridgehead atoms. The minimum atomic E-state index is -3.76. The Bertz CT molecular complexity index is 778. The zero-order valence-electron chi connectivity index (χ0n) is 13.2.